The summed E-state index contributed by atoms with van der Waals surface area (Å²) in [6.07, 6.45) is 15.2. The molecule has 0 aromatic rings. The van der Waals surface area contributed by atoms with E-state index in [-0.39, 0.29) is 40.8 Å². The Labute approximate surface area is 187 Å². The molecule has 0 radical (unpaired) electrons. The Morgan fingerprint density at radius 3 is 2.14 bits per heavy atom. The van der Waals surface area contributed by atoms with Gasteiger partial charge in [0.1, 0.15) is 0 Å². The topological polar surface area (TPSA) is 77.2 Å². The number of hydrogen-bond acceptors (Lipinski definition) is 5. The molecule has 4 fully saturated rings. The van der Waals surface area contributed by atoms with Crippen molar-refractivity contribution in [2.75, 3.05) is 13.1 Å². The molecule has 0 amide bonds. The van der Waals surface area contributed by atoms with Gasteiger partial charge in [-0.05, 0) is 75.8 Å². The first-order valence-corrected chi connectivity index (χ1v) is 11.8. The fourth-order valence-electron chi connectivity index (χ4n) is 5.52. The number of nitrogens with one attached hydrogen (secondary N) is 1. The van der Waals surface area contributed by atoms with E-state index in [1.165, 1.54) is 51.6 Å². The summed E-state index contributed by atoms with van der Waals surface area (Å²) in [7, 11) is 0. The SMILES string of the molecule is C=CC1CCNCC1.OC1CCCCC1N=NC1C(O)CCC2CCCCC21.[Ni]. The molecule has 4 aliphatic rings. The Balaban J connectivity index is 0.000000283. The Morgan fingerprint density at radius 2 is 1.45 bits per heavy atom. The van der Waals surface area contributed by atoms with Crippen molar-refractivity contribution in [2.24, 2.45) is 28.0 Å². The molecule has 1 heterocycles. The first kappa shape index (κ1) is 25.0. The third-order valence-electron chi connectivity index (χ3n) is 7.39. The van der Waals surface area contributed by atoms with Crippen molar-refractivity contribution in [3.8, 4) is 0 Å². The van der Waals surface area contributed by atoms with Crippen molar-refractivity contribution in [3.63, 3.8) is 0 Å². The van der Waals surface area contributed by atoms with Crippen molar-refractivity contribution in [1.82, 2.24) is 5.32 Å². The molecule has 3 aliphatic carbocycles. The summed E-state index contributed by atoms with van der Waals surface area (Å²) in [6, 6.07) is -0.0388. The van der Waals surface area contributed by atoms with Crippen LogP contribution < -0.4 is 5.32 Å². The zero-order valence-corrected chi connectivity index (χ0v) is 18.8. The smallest absolute Gasteiger partial charge is 0.0997 e. The second-order valence-electron chi connectivity index (χ2n) is 9.32. The van der Waals surface area contributed by atoms with Crippen LogP contribution in [0.1, 0.15) is 77.0 Å². The Morgan fingerprint density at radius 1 is 0.759 bits per heavy atom. The standard InChI is InChI=1S/C16H28N2O2.C7H13N.Ni/c19-14-8-4-3-7-13(14)17-18-16-12-6-2-1-5-11(12)9-10-15(16)20;1-2-7-3-5-8-6-4-7;/h11-16,19-20H,1-10H2;2,7-8H,1,3-6H2;. The number of hydrogen-bond donors (Lipinski definition) is 3. The monoisotopic (exact) mass is 449 g/mol. The molecule has 1 saturated heterocycles. The number of allylic oxidation sites excluding steroid dienone is 1. The minimum absolute atomic E-state index is 0. The number of piperidine rings is 1. The number of aliphatic hydroxyl groups excluding tert-OH is 2. The fourth-order valence-corrected chi connectivity index (χ4v) is 5.52. The van der Waals surface area contributed by atoms with Gasteiger partial charge in [0, 0.05) is 16.5 Å². The second-order valence-corrected chi connectivity index (χ2v) is 9.32. The van der Waals surface area contributed by atoms with Gasteiger partial charge in [-0.15, -0.1) is 6.58 Å². The summed E-state index contributed by atoms with van der Waals surface area (Å²) in [6.45, 7) is 6.11. The van der Waals surface area contributed by atoms with Crippen LogP contribution in [0, 0.1) is 17.8 Å². The van der Waals surface area contributed by atoms with Crippen molar-refractivity contribution < 1.29 is 26.7 Å². The normalized spacial score (nSPS) is 38.3. The van der Waals surface area contributed by atoms with E-state index in [4.69, 9.17) is 0 Å². The maximum Gasteiger partial charge on any atom is 0.0997 e. The summed E-state index contributed by atoms with van der Waals surface area (Å²) in [5.74, 6) is 2.06. The number of aliphatic hydroxyl groups is 2. The van der Waals surface area contributed by atoms with Crippen LogP contribution in [0.5, 0.6) is 0 Å². The number of nitrogens with zero attached hydrogens (tertiary/aromatic N) is 2. The van der Waals surface area contributed by atoms with E-state index in [1.807, 2.05) is 0 Å². The molecule has 5 nitrogen and oxygen atoms in total. The van der Waals surface area contributed by atoms with Crippen LogP contribution in [0.2, 0.25) is 0 Å². The molecule has 6 heteroatoms. The maximum absolute atomic E-state index is 10.3. The van der Waals surface area contributed by atoms with Gasteiger partial charge >= 0.3 is 0 Å². The molecule has 3 saturated carbocycles. The third-order valence-corrected chi connectivity index (χ3v) is 7.39. The van der Waals surface area contributed by atoms with E-state index < -0.39 is 0 Å². The Hall–Kier alpha value is -0.286. The third kappa shape index (κ3) is 7.41. The number of fused-ring (bicyclic) bond motifs is 1. The van der Waals surface area contributed by atoms with Gasteiger partial charge < -0.3 is 15.5 Å². The summed E-state index contributed by atoms with van der Waals surface area (Å²) >= 11 is 0. The number of azo groups is 1. The van der Waals surface area contributed by atoms with E-state index in [0.29, 0.717) is 5.92 Å². The molecule has 170 valence electrons. The van der Waals surface area contributed by atoms with Crippen LogP contribution in [0.15, 0.2) is 22.9 Å². The summed E-state index contributed by atoms with van der Waals surface area (Å²) in [5.41, 5.74) is 0. The molecule has 1 aliphatic heterocycles. The zero-order valence-electron chi connectivity index (χ0n) is 17.8. The van der Waals surface area contributed by atoms with Crippen molar-refractivity contribution in [1.29, 1.82) is 0 Å². The molecule has 6 unspecified atom stereocenters. The predicted octanol–water partition coefficient (Wildman–Crippen LogP) is 4.24. The molecule has 4 rings (SSSR count). The molecule has 0 aromatic carbocycles. The van der Waals surface area contributed by atoms with Crippen LogP contribution in [0.3, 0.4) is 0 Å². The van der Waals surface area contributed by atoms with E-state index in [1.54, 1.807) is 0 Å². The second kappa shape index (κ2) is 13.2. The molecule has 6 atom stereocenters. The fraction of sp³-hybridized carbons (Fsp3) is 0.913. The molecular weight excluding hydrogens is 409 g/mol. The molecule has 0 aromatic heterocycles. The van der Waals surface area contributed by atoms with Gasteiger partial charge in [-0.2, -0.15) is 10.2 Å². The Bertz CT molecular complexity index is 499. The van der Waals surface area contributed by atoms with Gasteiger partial charge in [0.15, 0.2) is 0 Å². The average molecular weight is 450 g/mol. The van der Waals surface area contributed by atoms with Gasteiger partial charge in [0.25, 0.3) is 0 Å². The van der Waals surface area contributed by atoms with Crippen molar-refractivity contribution in [2.45, 2.75) is 101 Å². The Kier molecular flexibility index (Phi) is 11.4. The van der Waals surface area contributed by atoms with Crippen molar-refractivity contribution >= 4 is 0 Å². The van der Waals surface area contributed by atoms with Crippen LogP contribution in [0.4, 0.5) is 0 Å². The van der Waals surface area contributed by atoms with Gasteiger partial charge in [0.2, 0.25) is 0 Å². The first-order valence-electron chi connectivity index (χ1n) is 11.8. The minimum Gasteiger partial charge on any atom is -0.391 e. The maximum atomic E-state index is 10.3. The molecular formula is C23H41N3NiO2. The van der Waals surface area contributed by atoms with E-state index >= 15 is 0 Å². The number of rotatable bonds is 3. The molecule has 3 N–H and O–H groups in total. The predicted molar refractivity (Wildman–Crippen MR) is 113 cm³/mol. The molecule has 0 spiro atoms. The van der Waals surface area contributed by atoms with Gasteiger partial charge in [-0.3, -0.25) is 0 Å². The minimum atomic E-state index is -0.324. The van der Waals surface area contributed by atoms with Gasteiger partial charge in [-0.1, -0.05) is 38.2 Å². The van der Waals surface area contributed by atoms with Crippen LogP contribution in [-0.2, 0) is 16.5 Å². The zero-order chi connectivity index (χ0) is 19.8. The van der Waals surface area contributed by atoms with Crippen LogP contribution >= 0.6 is 0 Å². The summed E-state index contributed by atoms with van der Waals surface area (Å²) in [4.78, 5) is 0. The van der Waals surface area contributed by atoms with Crippen LogP contribution in [0.25, 0.3) is 0 Å². The largest absolute Gasteiger partial charge is 0.391 e. The van der Waals surface area contributed by atoms with E-state index in [2.05, 4.69) is 28.2 Å². The summed E-state index contributed by atoms with van der Waals surface area (Å²) < 4.78 is 0. The first-order chi connectivity index (χ1) is 13.7. The van der Waals surface area contributed by atoms with Gasteiger partial charge in [-0.25, -0.2) is 0 Å². The molecule has 29 heavy (non-hydrogen) atoms. The summed E-state index contributed by atoms with van der Waals surface area (Å²) in [5, 5.41) is 32.6. The van der Waals surface area contributed by atoms with E-state index in [0.717, 1.165) is 50.4 Å². The van der Waals surface area contributed by atoms with Crippen LogP contribution in [-0.4, -0.2) is 47.6 Å². The van der Waals surface area contributed by atoms with Crippen molar-refractivity contribution in [3.05, 3.63) is 12.7 Å². The average Bonchev–Trinajstić information content (AvgIpc) is 2.75. The van der Waals surface area contributed by atoms with E-state index in [9.17, 15) is 10.2 Å². The van der Waals surface area contributed by atoms with Gasteiger partial charge in [0.05, 0.1) is 24.3 Å². The molecule has 0 bridgehead atoms. The quantitative estimate of drug-likeness (QED) is 0.342.